The van der Waals surface area contributed by atoms with Crippen LogP contribution in [0.3, 0.4) is 0 Å². The first-order chi connectivity index (χ1) is 14.3. The molecule has 0 spiro atoms. The fourth-order valence-electron chi connectivity index (χ4n) is 4.17. The van der Waals surface area contributed by atoms with Gasteiger partial charge in [0.05, 0.1) is 17.8 Å². The SMILES string of the molecule is CN1CCN(C2=Nc3ccccc3CC3=NC(C)(C(=CC(=O)O)C(=O)O)CN32)CC1. The summed E-state index contributed by atoms with van der Waals surface area (Å²) in [5, 5.41) is 18.9. The third kappa shape index (κ3) is 3.68. The number of carboxylic acids is 2. The number of guanidine groups is 1. The molecule has 1 unspecified atom stereocenters. The highest BCUT2D eigenvalue weighted by molar-refractivity contribution is 6.06. The van der Waals surface area contributed by atoms with E-state index < -0.39 is 17.5 Å². The Morgan fingerprint density at radius 3 is 2.50 bits per heavy atom. The molecule has 1 atom stereocenters. The molecule has 158 valence electrons. The molecule has 3 aliphatic heterocycles. The van der Waals surface area contributed by atoms with Crippen LogP contribution in [0.15, 0.2) is 45.9 Å². The number of benzene rings is 1. The Kier molecular flexibility index (Phi) is 5.07. The number of carboxylic acid groups (broad SMARTS) is 2. The molecule has 3 heterocycles. The number of hydrogen-bond acceptors (Lipinski definition) is 7. The van der Waals surface area contributed by atoms with Crippen molar-refractivity contribution in [2.45, 2.75) is 18.9 Å². The van der Waals surface area contributed by atoms with Gasteiger partial charge in [-0.2, -0.15) is 0 Å². The number of aliphatic imine (C=N–C) groups is 2. The second-order valence-corrected chi connectivity index (χ2v) is 8.10. The van der Waals surface area contributed by atoms with Crippen molar-refractivity contribution < 1.29 is 19.8 Å². The van der Waals surface area contributed by atoms with Crippen LogP contribution in [-0.2, 0) is 16.0 Å². The lowest BCUT2D eigenvalue weighted by Gasteiger charge is -2.38. The van der Waals surface area contributed by atoms with Crippen LogP contribution < -0.4 is 0 Å². The summed E-state index contributed by atoms with van der Waals surface area (Å²) in [7, 11) is 2.08. The van der Waals surface area contributed by atoms with E-state index >= 15 is 0 Å². The van der Waals surface area contributed by atoms with Crippen molar-refractivity contribution in [2.24, 2.45) is 9.98 Å². The van der Waals surface area contributed by atoms with Gasteiger partial charge in [0.1, 0.15) is 11.4 Å². The van der Waals surface area contributed by atoms with Crippen molar-refractivity contribution in [2.75, 3.05) is 39.8 Å². The fraction of sp³-hybridized carbons (Fsp3) is 0.429. The fourth-order valence-corrected chi connectivity index (χ4v) is 4.17. The van der Waals surface area contributed by atoms with Gasteiger partial charge < -0.3 is 20.0 Å². The second kappa shape index (κ2) is 7.56. The standard InChI is InChI=1S/C21H25N5O4/c1-21(15(19(29)30)12-18(27)28)13-26-17(23-21)11-14-5-3-4-6-16(14)22-20(26)25-9-7-24(2)8-10-25/h3-6,12H,7-11,13H2,1-2H3,(H,27,28)(H,29,30). The number of carbonyl (C=O) groups is 2. The summed E-state index contributed by atoms with van der Waals surface area (Å²) in [5.41, 5.74) is 0.471. The molecule has 0 radical (unpaired) electrons. The molecule has 3 aliphatic rings. The van der Waals surface area contributed by atoms with Gasteiger partial charge in [-0.05, 0) is 25.6 Å². The van der Waals surface area contributed by atoms with Crippen LogP contribution in [0.2, 0.25) is 0 Å². The molecule has 1 aromatic carbocycles. The molecule has 2 N–H and O–H groups in total. The van der Waals surface area contributed by atoms with Gasteiger partial charge in [0.25, 0.3) is 0 Å². The van der Waals surface area contributed by atoms with Gasteiger partial charge in [0.15, 0.2) is 0 Å². The highest BCUT2D eigenvalue weighted by Crippen LogP contribution is 2.34. The number of amidine groups is 1. The summed E-state index contributed by atoms with van der Waals surface area (Å²) in [4.78, 5) is 39.2. The quantitative estimate of drug-likeness (QED) is 0.716. The van der Waals surface area contributed by atoms with E-state index in [-0.39, 0.29) is 12.1 Å². The predicted molar refractivity (Wildman–Crippen MR) is 112 cm³/mol. The third-order valence-electron chi connectivity index (χ3n) is 5.82. The zero-order chi connectivity index (χ0) is 21.5. The third-order valence-corrected chi connectivity index (χ3v) is 5.82. The molecule has 1 fully saturated rings. The van der Waals surface area contributed by atoms with Gasteiger partial charge in [-0.1, -0.05) is 18.2 Å². The average molecular weight is 411 g/mol. The molecule has 1 aromatic rings. The minimum Gasteiger partial charge on any atom is -0.478 e. The largest absolute Gasteiger partial charge is 0.478 e. The van der Waals surface area contributed by atoms with E-state index in [1.54, 1.807) is 6.92 Å². The van der Waals surface area contributed by atoms with E-state index in [1.165, 1.54) is 0 Å². The van der Waals surface area contributed by atoms with Crippen molar-refractivity contribution in [1.29, 1.82) is 0 Å². The first-order valence-electron chi connectivity index (χ1n) is 9.91. The van der Waals surface area contributed by atoms with E-state index in [0.717, 1.165) is 49.5 Å². The van der Waals surface area contributed by atoms with Gasteiger partial charge in [-0.15, -0.1) is 0 Å². The minimum absolute atomic E-state index is 0.229. The van der Waals surface area contributed by atoms with Crippen LogP contribution in [0, 0.1) is 0 Å². The maximum Gasteiger partial charge on any atom is 0.334 e. The van der Waals surface area contributed by atoms with Crippen molar-refractivity contribution in [3.8, 4) is 0 Å². The van der Waals surface area contributed by atoms with E-state index in [0.29, 0.717) is 12.3 Å². The predicted octanol–water partition coefficient (Wildman–Crippen LogP) is 1.05. The molecule has 0 saturated carbocycles. The average Bonchev–Trinajstić information content (AvgIpc) is 2.95. The topological polar surface area (TPSA) is 109 Å². The minimum atomic E-state index is -1.30. The van der Waals surface area contributed by atoms with E-state index in [2.05, 4.69) is 16.8 Å². The molecule has 9 heteroatoms. The number of likely N-dealkylation sites (N-methyl/N-ethyl adjacent to an activating group) is 1. The van der Waals surface area contributed by atoms with E-state index in [9.17, 15) is 19.8 Å². The van der Waals surface area contributed by atoms with Gasteiger partial charge in [0.2, 0.25) is 5.96 Å². The maximum absolute atomic E-state index is 11.9. The zero-order valence-electron chi connectivity index (χ0n) is 17.1. The molecular weight excluding hydrogens is 386 g/mol. The van der Waals surface area contributed by atoms with Crippen molar-refractivity contribution in [3.63, 3.8) is 0 Å². The maximum atomic E-state index is 11.9. The number of piperazine rings is 1. The smallest absolute Gasteiger partial charge is 0.334 e. The van der Waals surface area contributed by atoms with Crippen LogP contribution in [-0.4, -0.2) is 94.0 Å². The van der Waals surface area contributed by atoms with E-state index in [1.807, 2.05) is 29.2 Å². The number of hydrogen-bond donors (Lipinski definition) is 2. The number of nitrogens with zero attached hydrogens (tertiary/aromatic N) is 5. The first kappa shape index (κ1) is 20.1. The van der Waals surface area contributed by atoms with Gasteiger partial charge >= 0.3 is 11.9 Å². The highest BCUT2D eigenvalue weighted by Gasteiger charge is 2.45. The lowest BCUT2D eigenvalue weighted by molar-refractivity contribution is -0.135. The molecule has 1 saturated heterocycles. The summed E-state index contributed by atoms with van der Waals surface area (Å²) in [6, 6.07) is 7.86. The lowest BCUT2D eigenvalue weighted by Crippen LogP contribution is -2.54. The Balaban J connectivity index is 1.78. The van der Waals surface area contributed by atoms with E-state index in [4.69, 9.17) is 9.98 Å². The summed E-state index contributed by atoms with van der Waals surface area (Å²) in [6.07, 6.45) is 1.26. The van der Waals surface area contributed by atoms with Crippen LogP contribution in [0.1, 0.15) is 12.5 Å². The van der Waals surface area contributed by atoms with Crippen molar-refractivity contribution in [1.82, 2.24) is 14.7 Å². The number of rotatable bonds is 3. The summed E-state index contributed by atoms with van der Waals surface area (Å²) in [5.74, 6) is -1.12. The second-order valence-electron chi connectivity index (χ2n) is 8.10. The molecule has 0 amide bonds. The highest BCUT2D eigenvalue weighted by atomic mass is 16.4. The van der Waals surface area contributed by atoms with Crippen LogP contribution >= 0.6 is 0 Å². The Bertz CT molecular complexity index is 977. The number of fused-ring (bicyclic) bond motifs is 2. The Morgan fingerprint density at radius 1 is 1.13 bits per heavy atom. The van der Waals surface area contributed by atoms with Crippen molar-refractivity contribution >= 4 is 29.4 Å². The van der Waals surface area contributed by atoms with Crippen LogP contribution in [0.25, 0.3) is 0 Å². The Labute approximate surface area is 174 Å². The monoisotopic (exact) mass is 411 g/mol. The Hall–Kier alpha value is -3.20. The molecule has 0 bridgehead atoms. The first-order valence-corrected chi connectivity index (χ1v) is 9.91. The number of aliphatic carboxylic acids is 2. The van der Waals surface area contributed by atoms with Crippen LogP contribution in [0.4, 0.5) is 5.69 Å². The summed E-state index contributed by atoms with van der Waals surface area (Å²) < 4.78 is 0. The molecule has 4 rings (SSSR count). The Morgan fingerprint density at radius 2 is 1.83 bits per heavy atom. The van der Waals surface area contributed by atoms with Crippen molar-refractivity contribution in [3.05, 3.63) is 41.5 Å². The zero-order valence-corrected chi connectivity index (χ0v) is 17.1. The molecule has 0 aromatic heterocycles. The molecule has 9 nitrogen and oxygen atoms in total. The normalized spacial score (nSPS) is 24.5. The number of para-hydroxylation sites is 1. The summed E-state index contributed by atoms with van der Waals surface area (Å²) in [6.45, 7) is 5.30. The van der Waals surface area contributed by atoms with Crippen LogP contribution in [0.5, 0.6) is 0 Å². The summed E-state index contributed by atoms with van der Waals surface area (Å²) >= 11 is 0. The van der Waals surface area contributed by atoms with Gasteiger partial charge in [0, 0.05) is 38.7 Å². The molecule has 30 heavy (non-hydrogen) atoms. The van der Waals surface area contributed by atoms with Gasteiger partial charge in [-0.3, -0.25) is 9.89 Å². The molecule has 0 aliphatic carbocycles. The van der Waals surface area contributed by atoms with Gasteiger partial charge in [-0.25, -0.2) is 14.6 Å². The lowest BCUT2D eigenvalue weighted by atomic mass is 9.92. The molecular formula is C21H25N5O4.